The van der Waals surface area contributed by atoms with Crippen LogP contribution in [0.5, 0.6) is 0 Å². The molecule has 1 atom stereocenters. The highest BCUT2D eigenvalue weighted by atomic mass is 16.3. The molecule has 8 nitrogen and oxygen atoms in total. The van der Waals surface area contributed by atoms with Gasteiger partial charge in [0.05, 0.1) is 42.3 Å². The number of rotatable bonds is 6. The van der Waals surface area contributed by atoms with Crippen molar-refractivity contribution < 1.29 is 5.11 Å². The largest absolute Gasteiger partial charge is 0.396 e. The monoisotopic (exact) mass is 389 g/mol. The molecule has 4 aromatic rings. The van der Waals surface area contributed by atoms with E-state index in [0.29, 0.717) is 23.7 Å². The van der Waals surface area contributed by atoms with Crippen molar-refractivity contribution in [3.63, 3.8) is 0 Å². The topological polar surface area (TPSA) is 119 Å². The minimum atomic E-state index is -0.151. The van der Waals surface area contributed by atoms with Gasteiger partial charge in [0.2, 0.25) is 0 Å². The molecular weight excluding hydrogens is 366 g/mol. The van der Waals surface area contributed by atoms with E-state index in [1.807, 2.05) is 43.5 Å². The Labute approximate surface area is 168 Å². The van der Waals surface area contributed by atoms with Crippen molar-refractivity contribution in [1.29, 1.82) is 0 Å². The molecule has 0 unspecified atom stereocenters. The summed E-state index contributed by atoms with van der Waals surface area (Å²) in [6.07, 6.45) is 5.32. The Morgan fingerprint density at radius 1 is 1.21 bits per heavy atom. The summed E-state index contributed by atoms with van der Waals surface area (Å²) in [6, 6.07) is 13.5. The molecule has 0 saturated carbocycles. The molecule has 29 heavy (non-hydrogen) atoms. The highest BCUT2D eigenvalue weighted by Gasteiger charge is 2.18. The van der Waals surface area contributed by atoms with Gasteiger partial charge in [0.1, 0.15) is 0 Å². The molecule has 0 amide bonds. The number of anilines is 2. The predicted octanol–water partition coefficient (Wildman–Crippen LogP) is 2.51. The summed E-state index contributed by atoms with van der Waals surface area (Å²) in [5.74, 6) is 6.93. The lowest BCUT2D eigenvalue weighted by atomic mass is 10.0. The molecule has 0 aliphatic heterocycles. The zero-order chi connectivity index (χ0) is 20.4. The predicted molar refractivity (Wildman–Crippen MR) is 114 cm³/mol. The minimum absolute atomic E-state index is 0.0247. The van der Waals surface area contributed by atoms with Gasteiger partial charge in [-0.1, -0.05) is 12.1 Å². The summed E-state index contributed by atoms with van der Waals surface area (Å²) >= 11 is 0. The van der Waals surface area contributed by atoms with E-state index in [1.165, 1.54) is 0 Å². The molecular formula is C21H23N7O. The van der Waals surface area contributed by atoms with Gasteiger partial charge in [-0.3, -0.25) is 14.7 Å². The van der Waals surface area contributed by atoms with Crippen molar-refractivity contribution in [3.05, 3.63) is 66.6 Å². The van der Waals surface area contributed by atoms with Crippen LogP contribution < -0.4 is 16.6 Å². The van der Waals surface area contributed by atoms with Gasteiger partial charge in [0.15, 0.2) is 5.82 Å². The fraction of sp³-hybridized carbons (Fsp3) is 0.190. The third-order valence-electron chi connectivity index (χ3n) is 4.93. The van der Waals surface area contributed by atoms with Gasteiger partial charge >= 0.3 is 0 Å². The first kappa shape index (κ1) is 18.9. The zero-order valence-corrected chi connectivity index (χ0v) is 16.1. The Morgan fingerprint density at radius 2 is 2.07 bits per heavy atom. The number of fused-ring (bicyclic) bond motifs is 1. The molecule has 5 N–H and O–H groups in total. The summed E-state index contributed by atoms with van der Waals surface area (Å²) in [7, 11) is 0. The second kappa shape index (κ2) is 7.86. The van der Waals surface area contributed by atoms with Crippen molar-refractivity contribution in [3.8, 4) is 11.3 Å². The first-order chi connectivity index (χ1) is 14.1. The quantitative estimate of drug-likeness (QED) is 0.342. The van der Waals surface area contributed by atoms with E-state index in [0.717, 1.165) is 22.0 Å². The van der Waals surface area contributed by atoms with E-state index in [1.54, 1.807) is 28.2 Å². The summed E-state index contributed by atoms with van der Waals surface area (Å²) in [4.78, 5) is 9.03. The number of nitrogens with zero attached hydrogens (tertiary/aromatic N) is 5. The number of aliphatic hydroxyl groups excluding tert-OH is 1. The van der Waals surface area contributed by atoms with Crippen molar-refractivity contribution in [2.75, 3.05) is 17.3 Å². The molecule has 4 rings (SSSR count). The lowest BCUT2D eigenvalue weighted by molar-refractivity contribution is 0.269. The maximum Gasteiger partial charge on any atom is 0.167 e. The number of benzene rings is 1. The van der Waals surface area contributed by atoms with Crippen molar-refractivity contribution in [2.45, 2.75) is 19.5 Å². The summed E-state index contributed by atoms with van der Waals surface area (Å²) in [6.45, 7) is 2.46. The van der Waals surface area contributed by atoms with E-state index < -0.39 is 0 Å². The molecule has 8 heteroatoms. The number of nitrogen functional groups attached to an aromatic ring is 1. The van der Waals surface area contributed by atoms with Crippen LogP contribution in [0.25, 0.3) is 22.2 Å². The standard InChI is InChI=1S/C21H23N7O/c1-14(15-4-6-19-16(11-15)3-2-8-24-19)28(23)21-18(22)5-7-20(26-21)17-12-25-27(13-17)9-10-29/h2-8,11-14,29H,9-10,22-23H2,1H3/t14-/m1/s1. The van der Waals surface area contributed by atoms with E-state index >= 15 is 0 Å². The molecule has 0 saturated heterocycles. The second-order valence-corrected chi connectivity index (χ2v) is 6.86. The molecule has 0 bridgehead atoms. The molecule has 0 aliphatic carbocycles. The van der Waals surface area contributed by atoms with E-state index in [4.69, 9.17) is 16.7 Å². The number of hydrogen-bond donors (Lipinski definition) is 3. The normalized spacial score (nSPS) is 12.2. The van der Waals surface area contributed by atoms with Gasteiger partial charge in [-0.05, 0) is 42.8 Å². The highest BCUT2D eigenvalue weighted by molar-refractivity contribution is 5.79. The number of pyridine rings is 2. The molecule has 0 aliphatic rings. The van der Waals surface area contributed by atoms with Crippen LogP contribution in [-0.2, 0) is 6.54 Å². The third kappa shape index (κ3) is 3.75. The maximum atomic E-state index is 9.07. The lowest BCUT2D eigenvalue weighted by Crippen LogP contribution is -2.35. The van der Waals surface area contributed by atoms with Gasteiger partial charge in [-0.25, -0.2) is 10.8 Å². The fourth-order valence-corrected chi connectivity index (χ4v) is 3.25. The Bertz CT molecular complexity index is 1140. The Morgan fingerprint density at radius 3 is 2.90 bits per heavy atom. The average Bonchev–Trinajstić information content (AvgIpc) is 3.21. The molecule has 0 fully saturated rings. The second-order valence-electron chi connectivity index (χ2n) is 6.86. The van der Waals surface area contributed by atoms with Crippen molar-refractivity contribution >= 4 is 22.4 Å². The lowest BCUT2D eigenvalue weighted by Gasteiger charge is -2.27. The fourth-order valence-electron chi connectivity index (χ4n) is 3.25. The van der Waals surface area contributed by atoms with Crippen LogP contribution in [0.3, 0.4) is 0 Å². The van der Waals surface area contributed by atoms with Crippen molar-refractivity contribution in [1.82, 2.24) is 19.7 Å². The molecule has 148 valence electrons. The van der Waals surface area contributed by atoms with Crippen LogP contribution in [0.4, 0.5) is 11.5 Å². The van der Waals surface area contributed by atoms with Crippen LogP contribution in [0, 0.1) is 0 Å². The summed E-state index contributed by atoms with van der Waals surface area (Å²) < 4.78 is 1.67. The van der Waals surface area contributed by atoms with Crippen LogP contribution in [0.2, 0.25) is 0 Å². The van der Waals surface area contributed by atoms with Gasteiger partial charge in [0, 0.05) is 23.3 Å². The van der Waals surface area contributed by atoms with E-state index in [2.05, 4.69) is 21.1 Å². The molecule has 0 spiro atoms. The number of hydrazine groups is 1. The Balaban J connectivity index is 1.65. The number of nitrogens with two attached hydrogens (primary N) is 2. The molecule has 1 aromatic carbocycles. The molecule has 0 radical (unpaired) electrons. The van der Waals surface area contributed by atoms with Crippen LogP contribution in [0.15, 0.2) is 61.1 Å². The number of aliphatic hydroxyl groups is 1. The number of hydrogen-bond acceptors (Lipinski definition) is 7. The van der Waals surface area contributed by atoms with Gasteiger partial charge in [0.25, 0.3) is 0 Å². The smallest absolute Gasteiger partial charge is 0.167 e. The van der Waals surface area contributed by atoms with Crippen molar-refractivity contribution in [2.24, 2.45) is 5.84 Å². The van der Waals surface area contributed by atoms with Crippen LogP contribution >= 0.6 is 0 Å². The molecule has 3 aromatic heterocycles. The van der Waals surface area contributed by atoms with E-state index in [9.17, 15) is 0 Å². The van der Waals surface area contributed by atoms with E-state index in [-0.39, 0.29) is 12.6 Å². The van der Waals surface area contributed by atoms with Gasteiger partial charge < -0.3 is 10.8 Å². The third-order valence-corrected chi connectivity index (χ3v) is 4.93. The Kier molecular flexibility index (Phi) is 5.11. The Hall–Kier alpha value is -3.49. The highest BCUT2D eigenvalue weighted by Crippen LogP contribution is 2.30. The van der Waals surface area contributed by atoms with Crippen LogP contribution in [0.1, 0.15) is 18.5 Å². The zero-order valence-electron chi connectivity index (χ0n) is 16.1. The SMILES string of the molecule is C[C@H](c1ccc2ncccc2c1)N(N)c1nc(-c2cnn(CCO)c2)ccc1N. The van der Waals surface area contributed by atoms with Gasteiger partial charge in [-0.15, -0.1) is 0 Å². The first-order valence-corrected chi connectivity index (χ1v) is 9.35. The van der Waals surface area contributed by atoms with Crippen LogP contribution in [-0.4, -0.2) is 31.5 Å². The number of aromatic nitrogens is 4. The van der Waals surface area contributed by atoms with Gasteiger partial charge in [-0.2, -0.15) is 5.10 Å². The first-order valence-electron chi connectivity index (χ1n) is 9.35. The summed E-state index contributed by atoms with van der Waals surface area (Å²) in [5, 5.41) is 15.9. The summed E-state index contributed by atoms with van der Waals surface area (Å²) in [5.41, 5.74) is 10.2. The minimum Gasteiger partial charge on any atom is -0.396 e. The maximum absolute atomic E-state index is 9.07. The average molecular weight is 389 g/mol. The molecule has 3 heterocycles.